The second-order valence-electron chi connectivity index (χ2n) is 3.64. The van der Waals surface area contributed by atoms with Gasteiger partial charge in [-0.05, 0) is 24.3 Å². The molecule has 1 nitrogen and oxygen atoms in total. The maximum absolute atomic E-state index is 13.1. The van der Waals surface area contributed by atoms with Crippen molar-refractivity contribution in [3.8, 4) is 16.9 Å². The van der Waals surface area contributed by atoms with E-state index in [2.05, 4.69) is 4.74 Å². The Kier molecular flexibility index (Phi) is 4.22. The molecule has 0 aliphatic carbocycles. The van der Waals surface area contributed by atoms with E-state index in [1.165, 1.54) is 12.1 Å². The van der Waals surface area contributed by atoms with Gasteiger partial charge in [0.2, 0.25) is 0 Å². The van der Waals surface area contributed by atoms with Crippen LogP contribution in [0.5, 0.6) is 5.75 Å². The SMILES string of the molecule is Fc1ccc(-c2ccc(Cl)cc2Cl)c(OC(F)F)c1. The topological polar surface area (TPSA) is 9.23 Å². The third kappa shape index (κ3) is 3.33. The molecule has 0 heterocycles. The predicted molar refractivity (Wildman–Crippen MR) is 68.5 cm³/mol. The average Bonchev–Trinajstić information content (AvgIpc) is 2.30. The van der Waals surface area contributed by atoms with Crippen LogP contribution in [0.1, 0.15) is 0 Å². The third-order valence-electron chi connectivity index (χ3n) is 2.38. The van der Waals surface area contributed by atoms with Gasteiger partial charge in [-0.3, -0.25) is 0 Å². The summed E-state index contributed by atoms with van der Waals surface area (Å²) in [6.45, 7) is -3.05. The lowest BCUT2D eigenvalue weighted by Crippen LogP contribution is -2.03. The molecule has 0 amide bonds. The van der Waals surface area contributed by atoms with E-state index in [-0.39, 0.29) is 16.3 Å². The summed E-state index contributed by atoms with van der Waals surface area (Å²) in [6.07, 6.45) is 0. The first-order chi connectivity index (χ1) is 8.97. The van der Waals surface area contributed by atoms with Gasteiger partial charge in [-0.15, -0.1) is 0 Å². The molecule has 0 N–H and O–H groups in total. The molecule has 0 aromatic heterocycles. The zero-order valence-electron chi connectivity index (χ0n) is 9.34. The molecule has 0 atom stereocenters. The van der Waals surface area contributed by atoms with Crippen LogP contribution >= 0.6 is 23.2 Å². The summed E-state index contributed by atoms with van der Waals surface area (Å²) in [7, 11) is 0. The lowest BCUT2D eigenvalue weighted by Gasteiger charge is -2.12. The maximum atomic E-state index is 13.1. The van der Waals surface area contributed by atoms with Crippen LogP contribution in [-0.4, -0.2) is 6.61 Å². The zero-order chi connectivity index (χ0) is 14.0. The molecule has 6 heteroatoms. The predicted octanol–water partition coefficient (Wildman–Crippen LogP) is 5.40. The summed E-state index contributed by atoms with van der Waals surface area (Å²) in [5.74, 6) is -0.955. The first-order valence-corrected chi connectivity index (χ1v) is 5.93. The fourth-order valence-electron chi connectivity index (χ4n) is 1.62. The normalized spacial score (nSPS) is 10.8. The molecule has 0 unspecified atom stereocenters. The van der Waals surface area contributed by atoms with Crippen LogP contribution in [0.2, 0.25) is 10.0 Å². The van der Waals surface area contributed by atoms with Crippen LogP contribution in [0.3, 0.4) is 0 Å². The van der Waals surface area contributed by atoms with Crippen molar-refractivity contribution in [1.82, 2.24) is 0 Å². The van der Waals surface area contributed by atoms with Crippen molar-refractivity contribution in [1.29, 1.82) is 0 Å². The maximum Gasteiger partial charge on any atom is 0.387 e. The van der Waals surface area contributed by atoms with Gasteiger partial charge >= 0.3 is 6.61 Å². The molecule has 0 aliphatic heterocycles. The van der Waals surface area contributed by atoms with Gasteiger partial charge in [0, 0.05) is 22.2 Å². The number of alkyl halides is 2. The Morgan fingerprint density at radius 3 is 2.26 bits per heavy atom. The van der Waals surface area contributed by atoms with Gasteiger partial charge in [-0.2, -0.15) is 8.78 Å². The first-order valence-electron chi connectivity index (χ1n) is 5.17. The lowest BCUT2D eigenvalue weighted by molar-refractivity contribution is -0.0495. The molecule has 0 aliphatic rings. The van der Waals surface area contributed by atoms with Crippen molar-refractivity contribution < 1.29 is 17.9 Å². The summed E-state index contributed by atoms with van der Waals surface area (Å²) in [4.78, 5) is 0. The Morgan fingerprint density at radius 1 is 0.947 bits per heavy atom. The van der Waals surface area contributed by atoms with Crippen LogP contribution < -0.4 is 4.74 Å². The molecule has 19 heavy (non-hydrogen) atoms. The number of hydrogen-bond acceptors (Lipinski definition) is 1. The zero-order valence-corrected chi connectivity index (χ0v) is 10.9. The van der Waals surface area contributed by atoms with Crippen LogP contribution in [0.25, 0.3) is 11.1 Å². The molecule has 0 radical (unpaired) electrons. The van der Waals surface area contributed by atoms with Crippen LogP contribution in [0, 0.1) is 5.82 Å². The molecule has 100 valence electrons. The van der Waals surface area contributed by atoms with Crippen LogP contribution in [-0.2, 0) is 0 Å². The van der Waals surface area contributed by atoms with E-state index >= 15 is 0 Å². The number of hydrogen-bond donors (Lipinski definition) is 0. The summed E-state index contributed by atoms with van der Waals surface area (Å²) in [6, 6.07) is 7.91. The minimum Gasteiger partial charge on any atom is -0.434 e. The Labute approximate surface area is 117 Å². The molecular weight excluding hydrogens is 300 g/mol. The Hall–Kier alpha value is -1.39. The number of ether oxygens (including phenoxy) is 1. The smallest absolute Gasteiger partial charge is 0.387 e. The van der Waals surface area contributed by atoms with Gasteiger partial charge in [0.25, 0.3) is 0 Å². The average molecular weight is 307 g/mol. The standard InChI is InChI=1S/C13H7Cl2F3O/c14-7-1-3-9(11(15)5-7)10-4-2-8(16)6-12(10)19-13(17)18/h1-6,13H. The molecule has 0 spiro atoms. The molecule has 0 saturated heterocycles. The van der Waals surface area contributed by atoms with E-state index in [1.807, 2.05) is 0 Å². The van der Waals surface area contributed by atoms with Crippen molar-refractivity contribution in [2.75, 3.05) is 0 Å². The fraction of sp³-hybridized carbons (Fsp3) is 0.0769. The molecule has 0 fully saturated rings. The van der Waals surface area contributed by atoms with Crippen molar-refractivity contribution in [2.24, 2.45) is 0 Å². The highest BCUT2D eigenvalue weighted by Gasteiger charge is 2.14. The molecule has 0 bridgehead atoms. The van der Waals surface area contributed by atoms with E-state index in [4.69, 9.17) is 23.2 Å². The number of halogens is 5. The van der Waals surface area contributed by atoms with Gasteiger partial charge in [-0.1, -0.05) is 29.3 Å². The van der Waals surface area contributed by atoms with E-state index < -0.39 is 12.4 Å². The van der Waals surface area contributed by atoms with E-state index in [9.17, 15) is 13.2 Å². The lowest BCUT2D eigenvalue weighted by atomic mass is 10.0. The van der Waals surface area contributed by atoms with Crippen molar-refractivity contribution in [3.05, 3.63) is 52.3 Å². The quantitative estimate of drug-likeness (QED) is 0.737. The highest BCUT2D eigenvalue weighted by atomic mass is 35.5. The van der Waals surface area contributed by atoms with Gasteiger partial charge in [0.1, 0.15) is 11.6 Å². The molecule has 2 rings (SSSR count). The van der Waals surface area contributed by atoms with Crippen LogP contribution in [0.4, 0.5) is 13.2 Å². The summed E-state index contributed by atoms with van der Waals surface area (Å²) in [5, 5.41) is 0.672. The van der Waals surface area contributed by atoms with E-state index in [0.29, 0.717) is 10.6 Å². The highest BCUT2D eigenvalue weighted by molar-refractivity contribution is 6.36. The van der Waals surface area contributed by atoms with Crippen LogP contribution in [0.15, 0.2) is 36.4 Å². The Bertz CT molecular complexity index is 602. The van der Waals surface area contributed by atoms with Gasteiger partial charge in [-0.25, -0.2) is 4.39 Å². The fourth-order valence-corrected chi connectivity index (χ4v) is 2.13. The monoisotopic (exact) mass is 306 g/mol. The summed E-state index contributed by atoms with van der Waals surface area (Å²) >= 11 is 11.7. The molecule has 0 saturated carbocycles. The summed E-state index contributed by atoms with van der Waals surface area (Å²) in [5.41, 5.74) is 0.699. The molecular formula is C13H7Cl2F3O. The van der Waals surface area contributed by atoms with E-state index in [1.54, 1.807) is 12.1 Å². The highest BCUT2D eigenvalue weighted by Crippen LogP contribution is 2.37. The second kappa shape index (κ2) is 5.72. The van der Waals surface area contributed by atoms with Crippen molar-refractivity contribution in [3.63, 3.8) is 0 Å². The first kappa shape index (κ1) is 14.0. The Balaban J connectivity index is 2.54. The molecule has 2 aromatic rings. The Morgan fingerprint density at radius 2 is 1.63 bits per heavy atom. The third-order valence-corrected chi connectivity index (χ3v) is 2.93. The van der Waals surface area contributed by atoms with E-state index in [0.717, 1.165) is 12.1 Å². The largest absolute Gasteiger partial charge is 0.434 e. The number of rotatable bonds is 3. The van der Waals surface area contributed by atoms with Gasteiger partial charge in [0.15, 0.2) is 0 Å². The van der Waals surface area contributed by atoms with Crippen molar-refractivity contribution >= 4 is 23.2 Å². The van der Waals surface area contributed by atoms with Gasteiger partial charge < -0.3 is 4.74 Å². The van der Waals surface area contributed by atoms with Crippen molar-refractivity contribution in [2.45, 2.75) is 6.61 Å². The molecule has 2 aromatic carbocycles. The minimum absolute atomic E-state index is 0.262. The minimum atomic E-state index is -3.05. The second-order valence-corrected chi connectivity index (χ2v) is 4.49. The number of benzene rings is 2. The van der Waals surface area contributed by atoms with Gasteiger partial charge in [0.05, 0.1) is 5.02 Å². The summed E-state index contributed by atoms with van der Waals surface area (Å²) < 4.78 is 42.0.